The number of carbonyl (C=O) groups is 1. The maximum Gasteiger partial charge on any atom is 0.270 e. The van der Waals surface area contributed by atoms with Gasteiger partial charge < -0.3 is 9.88 Å². The average Bonchev–Trinajstić information content (AvgIpc) is 3.33. The van der Waals surface area contributed by atoms with Gasteiger partial charge in [0.05, 0.1) is 11.4 Å². The molecular formula is C23H23N5O. The Kier molecular flexibility index (Phi) is 4.99. The van der Waals surface area contributed by atoms with Gasteiger partial charge in [0.25, 0.3) is 5.91 Å². The van der Waals surface area contributed by atoms with Crippen molar-refractivity contribution < 1.29 is 4.79 Å². The highest BCUT2D eigenvalue weighted by Crippen LogP contribution is 2.24. The number of aryl methyl sites for hydroxylation is 3. The van der Waals surface area contributed by atoms with Crippen LogP contribution in [0.3, 0.4) is 0 Å². The fourth-order valence-corrected chi connectivity index (χ4v) is 3.40. The summed E-state index contributed by atoms with van der Waals surface area (Å²) in [4.78, 5) is 17.2. The van der Waals surface area contributed by atoms with Crippen molar-refractivity contribution in [3.63, 3.8) is 0 Å². The third-order valence-electron chi connectivity index (χ3n) is 4.90. The van der Waals surface area contributed by atoms with Crippen LogP contribution < -0.4 is 5.32 Å². The highest BCUT2D eigenvalue weighted by Gasteiger charge is 2.19. The normalized spacial score (nSPS) is 10.9. The van der Waals surface area contributed by atoms with Crippen LogP contribution in [0.2, 0.25) is 0 Å². The molecule has 1 N–H and O–H groups in total. The van der Waals surface area contributed by atoms with E-state index in [4.69, 9.17) is 5.10 Å². The molecule has 0 bridgehead atoms. The Balaban J connectivity index is 1.73. The molecule has 0 saturated heterocycles. The molecule has 1 aromatic carbocycles. The van der Waals surface area contributed by atoms with Crippen molar-refractivity contribution in [2.45, 2.75) is 20.4 Å². The van der Waals surface area contributed by atoms with E-state index in [2.05, 4.69) is 23.3 Å². The molecule has 146 valence electrons. The van der Waals surface area contributed by atoms with Gasteiger partial charge in [-0.3, -0.25) is 9.78 Å². The molecule has 4 aromatic rings. The van der Waals surface area contributed by atoms with Gasteiger partial charge in [-0.1, -0.05) is 23.8 Å². The summed E-state index contributed by atoms with van der Waals surface area (Å²) >= 11 is 0. The quantitative estimate of drug-likeness (QED) is 0.568. The number of pyridine rings is 1. The first-order valence-corrected chi connectivity index (χ1v) is 9.49. The lowest BCUT2D eigenvalue weighted by Crippen LogP contribution is -2.25. The van der Waals surface area contributed by atoms with Gasteiger partial charge in [0.1, 0.15) is 11.4 Å². The summed E-state index contributed by atoms with van der Waals surface area (Å²) in [6.45, 7) is 4.49. The van der Waals surface area contributed by atoms with E-state index in [9.17, 15) is 4.79 Å². The maximum atomic E-state index is 13.1. The average molecular weight is 385 g/mol. The van der Waals surface area contributed by atoms with Gasteiger partial charge in [0.2, 0.25) is 0 Å². The van der Waals surface area contributed by atoms with E-state index in [-0.39, 0.29) is 5.91 Å². The molecule has 29 heavy (non-hydrogen) atoms. The van der Waals surface area contributed by atoms with Crippen molar-refractivity contribution in [3.8, 4) is 17.1 Å². The predicted octanol–water partition coefficient (Wildman–Crippen LogP) is 3.82. The van der Waals surface area contributed by atoms with Crippen molar-refractivity contribution in [1.82, 2.24) is 24.6 Å². The molecule has 1 amide bonds. The summed E-state index contributed by atoms with van der Waals surface area (Å²) < 4.78 is 3.72. The second-order valence-corrected chi connectivity index (χ2v) is 7.16. The highest BCUT2D eigenvalue weighted by molar-refractivity contribution is 5.94. The van der Waals surface area contributed by atoms with Crippen LogP contribution in [0.5, 0.6) is 0 Å². The van der Waals surface area contributed by atoms with E-state index in [1.807, 2.05) is 67.2 Å². The summed E-state index contributed by atoms with van der Waals surface area (Å²) in [6, 6.07) is 15.7. The summed E-state index contributed by atoms with van der Waals surface area (Å²) in [7, 11) is 1.97. The minimum atomic E-state index is -0.179. The molecule has 6 heteroatoms. The summed E-state index contributed by atoms with van der Waals surface area (Å²) in [6.07, 6.45) is 5.43. The monoisotopic (exact) mass is 385 g/mol. The van der Waals surface area contributed by atoms with E-state index in [0.717, 1.165) is 28.2 Å². The number of nitrogens with one attached hydrogen (secondary N) is 1. The zero-order valence-corrected chi connectivity index (χ0v) is 16.8. The Bertz CT molecular complexity index is 1160. The lowest BCUT2D eigenvalue weighted by molar-refractivity contribution is 0.0943. The second-order valence-electron chi connectivity index (χ2n) is 7.16. The SMILES string of the molecule is Cc1ccc(-n2nc(-c3cccn3C)cc2C(=O)NCc2cccnc2)c(C)c1. The number of amides is 1. The van der Waals surface area contributed by atoms with Crippen molar-refractivity contribution in [2.24, 2.45) is 7.05 Å². The minimum Gasteiger partial charge on any atom is -0.349 e. The van der Waals surface area contributed by atoms with E-state index in [0.29, 0.717) is 12.2 Å². The number of rotatable bonds is 5. The third kappa shape index (κ3) is 3.82. The van der Waals surface area contributed by atoms with Crippen LogP contribution in [0.4, 0.5) is 0 Å². The van der Waals surface area contributed by atoms with Gasteiger partial charge in [-0.2, -0.15) is 5.10 Å². The maximum absolute atomic E-state index is 13.1. The van der Waals surface area contributed by atoms with Gasteiger partial charge in [-0.05, 0) is 55.3 Å². The summed E-state index contributed by atoms with van der Waals surface area (Å²) in [5, 5.41) is 7.76. The first-order chi connectivity index (χ1) is 14.0. The van der Waals surface area contributed by atoms with Crippen molar-refractivity contribution in [3.05, 3.63) is 89.5 Å². The van der Waals surface area contributed by atoms with E-state index in [1.165, 1.54) is 5.56 Å². The molecule has 0 radical (unpaired) electrons. The number of benzene rings is 1. The van der Waals surface area contributed by atoms with E-state index < -0.39 is 0 Å². The van der Waals surface area contributed by atoms with E-state index in [1.54, 1.807) is 17.1 Å². The standard InChI is InChI=1S/C23H23N5O/c1-16-8-9-20(17(2)12-16)28-22(13-19(26-28)21-7-5-11-27(21)3)23(29)25-15-18-6-4-10-24-14-18/h4-14H,15H2,1-3H3,(H,25,29). The molecule has 0 atom stereocenters. The zero-order chi connectivity index (χ0) is 20.4. The Labute approximate surface area is 169 Å². The third-order valence-corrected chi connectivity index (χ3v) is 4.90. The predicted molar refractivity (Wildman–Crippen MR) is 113 cm³/mol. The fourth-order valence-electron chi connectivity index (χ4n) is 3.40. The Morgan fingerprint density at radius 1 is 1.10 bits per heavy atom. The Morgan fingerprint density at radius 3 is 2.66 bits per heavy atom. The van der Waals surface area contributed by atoms with Gasteiger partial charge in [0, 0.05) is 32.2 Å². The van der Waals surface area contributed by atoms with Crippen LogP contribution in [-0.2, 0) is 13.6 Å². The molecule has 0 unspecified atom stereocenters. The number of hydrogen-bond donors (Lipinski definition) is 1. The van der Waals surface area contributed by atoms with Crippen molar-refractivity contribution in [2.75, 3.05) is 0 Å². The van der Waals surface area contributed by atoms with Gasteiger partial charge >= 0.3 is 0 Å². The molecule has 0 saturated carbocycles. The van der Waals surface area contributed by atoms with Crippen LogP contribution >= 0.6 is 0 Å². The van der Waals surface area contributed by atoms with Crippen LogP contribution in [0.1, 0.15) is 27.2 Å². The molecule has 0 aliphatic carbocycles. The minimum absolute atomic E-state index is 0.179. The Hall–Kier alpha value is -3.67. The number of nitrogens with zero attached hydrogens (tertiary/aromatic N) is 4. The van der Waals surface area contributed by atoms with Gasteiger partial charge in [-0.15, -0.1) is 0 Å². The van der Waals surface area contributed by atoms with Crippen LogP contribution in [0.25, 0.3) is 17.1 Å². The number of aromatic nitrogens is 4. The molecule has 0 spiro atoms. The van der Waals surface area contributed by atoms with Gasteiger partial charge in [-0.25, -0.2) is 4.68 Å². The summed E-state index contributed by atoms with van der Waals surface area (Å²) in [5.41, 5.74) is 6.27. The van der Waals surface area contributed by atoms with Crippen LogP contribution in [0.15, 0.2) is 67.1 Å². The zero-order valence-electron chi connectivity index (χ0n) is 16.8. The number of hydrogen-bond acceptors (Lipinski definition) is 3. The molecule has 3 aromatic heterocycles. The fraction of sp³-hybridized carbons (Fsp3) is 0.174. The largest absolute Gasteiger partial charge is 0.349 e. The second kappa shape index (κ2) is 7.75. The molecule has 0 fully saturated rings. The molecule has 0 aliphatic heterocycles. The van der Waals surface area contributed by atoms with Crippen molar-refractivity contribution >= 4 is 5.91 Å². The smallest absolute Gasteiger partial charge is 0.270 e. The van der Waals surface area contributed by atoms with Crippen LogP contribution in [0, 0.1) is 13.8 Å². The molecule has 0 aliphatic rings. The van der Waals surface area contributed by atoms with Gasteiger partial charge in [0.15, 0.2) is 0 Å². The Morgan fingerprint density at radius 2 is 1.97 bits per heavy atom. The lowest BCUT2D eigenvalue weighted by atomic mass is 10.1. The highest BCUT2D eigenvalue weighted by atomic mass is 16.2. The topological polar surface area (TPSA) is 64.7 Å². The molecular weight excluding hydrogens is 362 g/mol. The molecule has 4 rings (SSSR count). The first kappa shape index (κ1) is 18.7. The van der Waals surface area contributed by atoms with Crippen LogP contribution in [-0.4, -0.2) is 25.2 Å². The number of carbonyl (C=O) groups excluding carboxylic acids is 1. The lowest BCUT2D eigenvalue weighted by Gasteiger charge is -2.11. The first-order valence-electron chi connectivity index (χ1n) is 9.49. The molecule has 3 heterocycles. The van der Waals surface area contributed by atoms with E-state index >= 15 is 0 Å². The van der Waals surface area contributed by atoms with Crippen molar-refractivity contribution in [1.29, 1.82) is 0 Å². The summed E-state index contributed by atoms with van der Waals surface area (Å²) in [5.74, 6) is -0.179. The molecule has 6 nitrogen and oxygen atoms in total.